The molecule has 0 aromatic heterocycles. The van der Waals surface area contributed by atoms with E-state index in [0.29, 0.717) is 5.56 Å². The predicted molar refractivity (Wildman–Crippen MR) is 132 cm³/mol. The lowest BCUT2D eigenvalue weighted by atomic mass is 9.99. The van der Waals surface area contributed by atoms with Crippen LogP contribution in [0, 0.1) is 0 Å². The highest BCUT2D eigenvalue weighted by molar-refractivity contribution is 5.92. The Balaban J connectivity index is 0.00000160. The van der Waals surface area contributed by atoms with Crippen molar-refractivity contribution in [3.63, 3.8) is 0 Å². The first kappa shape index (κ1) is 23.4. The van der Waals surface area contributed by atoms with Gasteiger partial charge in [0.05, 0.1) is 0 Å². The number of primary amides is 1. The van der Waals surface area contributed by atoms with Gasteiger partial charge in [-0.1, -0.05) is 56.9 Å². The van der Waals surface area contributed by atoms with E-state index in [1.807, 2.05) is 12.1 Å². The van der Waals surface area contributed by atoms with Gasteiger partial charge in [-0.2, -0.15) is 0 Å². The van der Waals surface area contributed by atoms with Crippen LogP contribution in [0.1, 0.15) is 56.2 Å². The Morgan fingerprint density at radius 2 is 1.80 bits per heavy atom. The van der Waals surface area contributed by atoms with Crippen LogP contribution in [0.4, 0.5) is 5.69 Å². The minimum Gasteiger partial charge on any atom is -0.370 e. The molecule has 0 spiro atoms. The number of piperidine rings is 1. The maximum absolute atomic E-state index is 11.2. The fourth-order valence-electron chi connectivity index (χ4n) is 4.00. The molecule has 1 saturated heterocycles. The van der Waals surface area contributed by atoms with Gasteiger partial charge in [0.15, 0.2) is 0 Å². The molecule has 30 heavy (non-hydrogen) atoms. The number of carbonyl (C=O) groups excluding carboxylic acids is 1. The molecule has 4 nitrogen and oxygen atoms in total. The van der Waals surface area contributed by atoms with Gasteiger partial charge in [0.2, 0.25) is 5.91 Å². The second-order valence-electron chi connectivity index (χ2n) is 7.74. The van der Waals surface area contributed by atoms with Crippen molar-refractivity contribution in [1.82, 2.24) is 4.90 Å². The van der Waals surface area contributed by atoms with Crippen LogP contribution in [0.5, 0.6) is 0 Å². The van der Waals surface area contributed by atoms with E-state index in [0.717, 1.165) is 44.6 Å². The molecule has 0 saturated carbocycles. The number of hydrogen-bond acceptors (Lipinski definition) is 3. The minimum atomic E-state index is -0.378. The van der Waals surface area contributed by atoms with E-state index >= 15 is 0 Å². The molecule has 0 radical (unpaired) electrons. The fraction of sp³-hybridized carbons (Fsp3) is 0.346. The van der Waals surface area contributed by atoms with E-state index in [2.05, 4.69) is 53.3 Å². The molecule has 4 rings (SSSR count). The standard InChI is InChI=1S/C24H27N3O.2CH4.H2/c1-26-12-2-3-22-16-20(6-9-23(22)26)17-27-13-10-19(11-14-27)15-18-4-7-21(8-5-18)24(25)28;;;/h2-9,15-16H,10-14,17H2,1H3,(H2,25,28);2*1H4;1H. The van der Waals surface area contributed by atoms with E-state index < -0.39 is 0 Å². The molecule has 1 amide bonds. The van der Waals surface area contributed by atoms with Crippen LogP contribution < -0.4 is 10.6 Å². The summed E-state index contributed by atoms with van der Waals surface area (Å²) < 4.78 is 0. The van der Waals surface area contributed by atoms with Crippen molar-refractivity contribution >= 4 is 23.7 Å². The lowest BCUT2D eigenvalue weighted by molar-refractivity contribution is 0.100. The summed E-state index contributed by atoms with van der Waals surface area (Å²) in [6.45, 7) is 4.15. The minimum absolute atomic E-state index is 0. The number of likely N-dealkylation sites (tertiary alicyclic amines) is 1. The largest absolute Gasteiger partial charge is 0.370 e. The first-order chi connectivity index (χ1) is 13.6. The third-order valence-corrected chi connectivity index (χ3v) is 5.65. The fourth-order valence-corrected chi connectivity index (χ4v) is 4.00. The Labute approximate surface area is 183 Å². The summed E-state index contributed by atoms with van der Waals surface area (Å²) in [5.74, 6) is -0.378. The Morgan fingerprint density at radius 3 is 2.47 bits per heavy atom. The average Bonchev–Trinajstić information content (AvgIpc) is 2.70. The van der Waals surface area contributed by atoms with Crippen LogP contribution in [0.2, 0.25) is 0 Å². The number of fused-ring (bicyclic) bond motifs is 1. The topological polar surface area (TPSA) is 49.6 Å². The van der Waals surface area contributed by atoms with Crippen molar-refractivity contribution in [2.24, 2.45) is 5.73 Å². The van der Waals surface area contributed by atoms with E-state index in [1.165, 1.54) is 22.4 Å². The number of nitrogens with two attached hydrogens (primary N) is 1. The van der Waals surface area contributed by atoms with Crippen molar-refractivity contribution in [1.29, 1.82) is 0 Å². The maximum atomic E-state index is 11.2. The number of hydrogen-bond donors (Lipinski definition) is 1. The zero-order valence-electron chi connectivity index (χ0n) is 16.4. The number of anilines is 1. The number of carbonyl (C=O) groups is 1. The molecule has 2 aliphatic rings. The van der Waals surface area contributed by atoms with E-state index in [4.69, 9.17) is 5.73 Å². The van der Waals surface area contributed by atoms with E-state index in [1.54, 1.807) is 12.1 Å². The second-order valence-corrected chi connectivity index (χ2v) is 7.74. The average molecular weight is 408 g/mol. The molecule has 162 valence electrons. The van der Waals surface area contributed by atoms with Crippen LogP contribution in [0.3, 0.4) is 0 Å². The molecular weight excluding hydrogens is 370 g/mol. The molecule has 2 aromatic carbocycles. The van der Waals surface area contributed by atoms with Crippen molar-refractivity contribution < 1.29 is 6.22 Å². The van der Waals surface area contributed by atoms with Gasteiger partial charge in [0, 0.05) is 45.9 Å². The van der Waals surface area contributed by atoms with Gasteiger partial charge in [-0.05, 0) is 53.8 Å². The highest BCUT2D eigenvalue weighted by Crippen LogP contribution is 2.27. The Bertz CT molecular complexity index is 924. The third-order valence-electron chi connectivity index (χ3n) is 5.65. The van der Waals surface area contributed by atoms with Crippen molar-refractivity contribution in [3.8, 4) is 0 Å². The first-order valence-electron chi connectivity index (χ1n) is 9.91. The lowest BCUT2D eigenvalue weighted by Crippen LogP contribution is -2.30. The van der Waals surface area contributed by atoms with E-state index in [-0.39, 0.29) is 22.2 Å². The number of rotatable bonds is 4. The smallest absolute Gasteiger partial charge is 0.248 e. The molecule has 2 aliphatic heterocycles. The van der Waals surface area contributed by atoms with Gasteiger partial charge in [0.25, 0.3) is 0 Å². The van der Waals surface area contributed by atoms with Gasteiger partial charge in [0.1, 0.15) is 0 Å². The Kier molecular flexibility index (Phi) is 8.01. The third kappa shape index (κ3) is 5.39. The molecular formula is C26H37N3O. The molecule has 2 N–H and O–H groups in total. The van der Waals surface area contributed by atoms with Crippen LogP contribution in [-0.2, 0) is 6.54 Å². The van der Waals surface area contributed by atoms with Crippen LogP contribution >= 0.6 is 0 Å². The lowest BCUT2D eigenvalue weighted by Gasteiger charge is -2.29. The van der Waals surface area contributed by atoms with Gasteiger partial charge in [-0.15, -0.1) is 0 Å². The van der Waals surface area contributed by atoms with Crippen LogP contribution in [-0.4, -0.2) is 37.5 Å². The monoisotopic (exact) mass is 407 g/mol. The predicted octanol–water partition coefficient (Wildman–Crippen LogP) is 5.45. The Hall–Kier alpha value is -2.85. The first-order valence-corrected chi connectivity index (χ1v) is 9.91. The highest BCUT2D eigenvalue weighted by atomic mass is 16.1. The van der Waals surface area contributed by atoms with Gasteiger partial charge in [-0.3, -0.25) is 9.69 Å². The number of amides is 1. The summed E-state index contributed by atoms with van der Waals surface area (Å²) in [5, 5.41) is 0. The normalized spacial score (nSPS) is 15.6. The molecule has 1 fully saturated rings. The summed E-state index contributed by atoms with van der Waals surface area (Å²) in [4.78, 5) is 16.0. The van der Waals surface area contributed by atoms with Crippen molar-refractivity contribution in [3.05, 3.63) is 76.4 Å². The van der Waals surface area contributed by atoms with Gasteiger partial charge in [-0.25, -0.2) is 0 Å². The van der Waals surface area contributed by atoms with Crippen molar-refractivity contribution in [2.45, 2.75) is 34.2 Å². The van der Waals surface area contributed by atoms with Crippen molar-refractivity contribution in [2.75, 3.05) is 31.6 Å². The van der Waals surface area contributed by atoms with Gasteiger partial charge >= 0.3 is 0 Å². The number of likely N-dealkylation sites (N-methyl/N-ethyl adjacent to an activating group) is 1. The summed E-state index contributed by atoms with van der Waals surface area (Å²) >= 11 is 0. The van der Waals surface area contributed by atoms with Crippen LogP contribution in [0.25, 0.3) is 12.2 Å². The maximum Gasteiger partial charge on any atom is 0.248 e. The summed E-state index contributed by atoms with van der Waals surface area (Å²) in [6.07, 6.45) is 8.89. The quantitative estimate of drug-likeness (QED) is 0.733. The SMILES string of the molecule is C.C.CN1CC=Cc2cc(CN3CCC(=Cc4ccc(C(N)=O)cc4)CC3)ccc21.[HH]. The molecule has 0 atom stereocenters. The molecule has 0 aliphatic carbocycles. The zero-order valence-corrected chi connectivity index (χ0v) is 16.4. The summed E-state index contributed by atoms with van der Waals surface area (Å²) in [6, 6.07) is 14.4. The van der Waals surface area contributed by atoms with Gasteiger partial charge < -0.3 is 10.6 Å². The molecule has 4 heteroatoms. The summed E-state index contributed by atoms with van der Waals surface area (Å²) in [5.41, 5.74) is 12.5. The molecule has 0 bridgehead atoms. The molecule has 2 heterocycles. The molecule has 2 aromatic rings. The number of nitrogens with zero attached hydrogens (tertiary/aromatic N) is 2. The highest BCUT2D eigenvalue weighted by Gasteiger charge is 2.16. The Morgan fingerprint density at radius 1 is 1.10 bits per heavy atom. The van der Waals surface area contributed by atoms with Crippen LogP contribution in [0.15, 0.2) is 54.1 Å². The zero-order chi connectivity index (χ0) is 19.5. The van der Waals surface area contributed by atoms with E-state index in [9.17, 15) is 4.79 Å². The second kappa shape index (κ2) is 10.3. The molecule has 0 unspecified atom stereocenters. The number of benzene rings is 2. The summed E-state index contributed by atoms with van der Waals surface area (Å²) in [7, 11) is 2.14.